The number of ketones is 1. The van der Waals surface area contributed by atoms with Crippen molar-refractivity contribution >= 4 is 39.5 Å². The van der Waals surface area contributed by atoms with Crippen molar-refractivity contribution in [2.75, 3.05) is 6.61 Å². The molecule has 0 fully saturated rings. The van der Waals surface area contributed by atoms with E-state index in [1.165, 1.54) is 11.3 Å². The van der Waals surface area contributed by atoms with Crippen molar-refractivity contribution in [3.8, 4) is 0 Å². The van der Waals surface area contributed by atoms with Crippen molar-refractivity contribution in [1.29, 1.82) is 0 Å². The number of rotatable bonds is 7. The number of carbonyl (C=O) groups excluding carboxylic acids is 2. The van der Waals surface area contributed by atoms with Gasteiger partial charge in [0.2, 0.25) is 5.78 Å². The summed E-state index contributed by atoms with van der Waals surface area (Å²) in [5.41, 5.74) is 3.55. The molecule has 0 unspecified atom stereocenters. The lowest BCUT2D eigenvalue weighted by molar-refractivity contribution is 0.0517. The van der Waals surface area contributed by atoms with E-state index in [-0.39, 0.29) is 18.4 Å². The molecule has 0 saturated carbocycles. The fourth-order valence-corrected chi connectivity index (χ4v) is 4.51. The van der Waals surface area contributed by atoms with Crippen molar-refractivity contribution in [2.45, 2.75) is 33.1 Å². The second-order valence-corrected chi connectivity index (χ2v) is 7.89. The molecule has 0 aliphatic rings. The number of aromatic nitrogens is 1. The van der Waals surface area contributed by atoms with Gasteiger partial charge in [0.15, 0.2) is 0 Å². The lowest BCUT2D eigenvalue weighted by atomic mass is 9.99. The zero-order chi connectivity index (χ0) is 20.4. The third kappa shape index (κ3) is 3.36. The van der Waals surface area contributed by atoms with Crippen LogP contribution in [0.25, 0.3) is 16.4 Å². The predicted octanol–water partition coefficient (Wildman–Crippen LogP) is 5.90. The highest BCUT2D eigenvalue weighted by atomic mass is 32.1. The number of unbranched alkanes of at least 4 members (excludes halogenated alkanes) is 1. The third-order valence-electron chi connectivity index (χ3n) is 5.13. The van der Waals surface area contributed by atoms with Gasteiger partial charge in [0.1, 0.15) is 5.69 Å². The van der Waals surface area contributed by atoms with Gasteiger partial charge in [-0.2, -0.15) is 0 Å². The Morgan fingerprint density at radius 1 is 1.00 bits per heavy atom. The minimum absolute atomic E-state index is 0.0329. The number of hydrogen-bond acceptors (Lipinski definition) is 4. The molecule has 0 aliphatic heterocycles. The van der Waals surface area contributed by atoms with Crippen LogP contribution in [0, 0.1) is 0 Å². The Balaban J connectivity index is 2.10. The standard InChI is InChI=1S/C24H23NO3S/c1-3-5-10-17-21(23(26)20-12-8-15-29-20)19-14-13-16-9-6-7-11-18(16)25(19)22(17)24(27)28-4-2/h6-9,11-15H,3-5,10H2,1-2H3. The van der Waals surface area contributed by atoms with Crippen molar-refractivity contribution in [2.24, 2.45) is 0 Å². The van der Waals surface area contributed by atoms with E-state index in [0.29, 0.717) is 22.6 Å². The molecule has 0 atom stereocenters. The average Bonchev–Trinajstić information content (AvgIpc) is 3.38. The van der Waals surface area contributed by atoms with Gasteiger partial charge in [0.25, 0.3) is 0 Å². The van der Waals surface area contributed by atoms with Gasteiger partial charge >= 0.3 is 5.97 Å². The van der Waals surface area contributed by atoms with E-state index in [0.717, 1.165) is 34.8 Å². The summed E-state index contributed by atoms with van der Waals surface area (Å²) >= 11 is 1.42. The van der Waals surface area contributed by atoms with E-state index in [4.69, 9.17) is 4.74 Å². The fraction of sp³-hybridized carbons (Fsp3) is 0.250. The SMILES string of the molecule is CCCCc1c(C(=O)c2cccs2)c2ccc3ccccc3n2c1C(=O)OCC. The largest absolute Gasteiger partial charge is 0.461 e. The first-order chi connectivity index (χ1) is 14.2. The summed E-state index contributed by atoms with van der Waals surface area (Å²) < 4.78 is 7.34. The van der Waals surface area contributed by atoms with Crippen molar-refractivity contribution in [3.05, 3.63) is 75.6 Å². The molecule has 0 N–H and O–H groups in total. The minimum Gasteiger partial charge on any atom is -0.461 e. The zero-order valence-corrected chi connectivity index (χ0v) is 17.4. The highest BCUT2D eigenvalue weighted by Crippen LogP contribution is 2.32. The number of hydrogen-bond donors (Lipinski definition) is 0. The summed E-state index contributed by atoms with van der Waals surface area (Å²) in [6.07, 6.45) is 2.53. The molecule has 3 aromatic heterocycles. The molecule has 0 radical (unpaired) electrons. The minimum atomic E-state index is -0.379. The van der Waals surface area contributed by atoms with E-state index in [1.807, 2.05) is 58.3 Å². The van der Waals surface area contributed by atoms with Gasteiger partial charge in [-0.1, -0.05) is 43.7 Å². The normalized spacial score (nSPS) is 11.2. The number of para-hydroxylation sites is 1. The topological polar surface area (TPSA) is 47.8 Å². The summed E-state index contributed by atoms with van der Waals surface area (Å²) in [6.45, 7) is 4.20. The summed E-state index contributed by atoms with van der Waals surface area (Å²) in [5, 5.41) is 2.91. The van der Waals surface area contributed by atoms with Crippen LogP contribution in [0.2, 0.25) is 0 Å². The molecule has 4 rings (SSSR count). The van der Waals surface area contributed by atoms with Gasteiger partial charge in [-0.3, -0.25) is 4.79 Å². The Labute approximate surface area is 173 Å². The quantitative estimate of drug-likeness (QED) is 0.284. The first-order valence-corrected chi connectivity index (χ1v) is 10.9. The number of fused-ring (bicyclic) bond motifs is 3. The van der Waals surface area contributed by atoms with Crippen LogP contribution in [0.15, 0.2) is 53.9 Å². The van der Waals surface area contributed by atoms with Crippen molar-refractivity contribution in [3.63, 3.8) is 0 Å². The molecule has 4 nitrogen and oxygen atoms in total. The van der Waals surface area contributed by atoms with Crippen LogP contribution in [0.1, 0.15) is 58.0 Å². The lowest BCUT2D eigenvalue weighted by Gasteiger charge is -2.09. The number of pyridine rings is 1. The van der Waals surface area contributed by atoms with Crippen LogP contribution in [0.5, 0.6) is 0 Å². The van der Waals surface area contributed by atoms with Gasteiger partial charge < -0.3 is 9.14 Å². The highest BCUT2D eigenvalue weighted by molar-refractivity contribution is 7.12. The smallest absolute Gasteiger partial charge is 0.355 e. The number of ether oxygens (including phenoxy) is 1. The molecule has 1 aromatic carbocycles. The molecule has 5 heteroatoms. The first-order valence-electron chi connectivity index (χ1n) is 9.97. The summed E-state index contributed by atoms with van der Waals surface area (Å²) in [4.78, 5) is 27.2. The highest BCUT2D eigenvalue weighted by Gasteiger charge is 2.29. The number of nitrogens with zero attached hydrogens (tertiary/aromatic N) is 1. The lowest BCUT2D eigenvalue weighted by Crippen LogP contribution is -2.12. The molecule has 4 aromatic rings. The number of carbonyl (C=O) groups is 2. The average molecular weight is 406 g/mol. The van der Waals surface area contributed by atoms with E-state index < -0.39 is 0 Å². The molecular weight excluding hydrogens is 382 g/mol. The Morgan fingerprint density at radius 3 is 2.55 bits per heavy atom. The van der Waals surface area contributed by atoms with Gasteiger partial charge in [-0.25, -0.2) is 4.79 Å². The van der Waals surface area contributed by atoms with Crippen LogP contribution in [-0.4, -0.2) is 22.8 Å². The second kappa shape index (κ2) is 8.21. The molecule has 0 saturated heterocycles. The Morgan fingerprint density at radius 2 is 1.83 bits per heavy atom. The number of benzene rings is 1. The van der Waals surface area contributed by atoms with Crippen molar-refractivity contribution in [1.82, 2.24) is 4.40 Å². The molecule has 0 bridgehead atoms. The maximum atomic E-state index is 13.5. The summed E-state index contributed by atoms with van der Waals surface area (Å²) in [7, 11) is 0. The van der Waals surface area contributed by atoms with Crippen LogP contribution >= 0.6 is 11.3 Å². The molecule has 148 valence electrons. The number of esters is 1. The van der Waals surface area contributed by atoms with E-state index >= 15 is 0 Å². The zero-order valence-electron chi connectivity index (χ0n) is 16.6. The molecule has 3 heterocycles. The Kier molecular flexibility index (Phi) is 5.49. The molecule has 0 spiro atoms. The van der Waals surface area contributed by atoms with Crippen LogP contribution in [0.4, 0.5) is 0 Å². The van der Waals surface area contributed by atoms with Gasteiger partial charge in [0, 0.05) is 0 Å². The molecular formula is C24H23NO3S. The summed E-state index contributed by atoms with van der Waals surface area (Å²) in [6, 6.07) is 15.6. The van der Waals surface area contributed by atoms with Gasteiger partial charge in [-0.05, 0) is 54.3 Å². The maximum absolute atomic E-state index is 13.5. The van der Waals surface area contributed by atoms with Crippen molar-refractivity contribution < 1.29 is 14.3 Å². The first kappa shape index (κ1) is 19.4. The van der Waals surface area contributed by atoms with E-state index in [2.05, 4.69) is 6.92 Å². The molecule has 0 amide bonds. The fourth-order valence-electron chi connectivity index (χ4n) is 3.84. The van der Waals surface area contributed by atoms with E-state index in [1.54, 1.807) is 6.92 Å². The van der Waals surface area contributed by atoms with Gasteiger partial charge in [-0.15, -0.1) is 11.3 Å². The van der Waals surface area contributed by atoms with Crippen LogP contribution < -0.4 is 0 Å². The third-order valence-corrected chi connectivity index (χ3v) is 6.00. The van der Waals surface area contributed by atoms with Crippen LogP contribution in [-0.2, 0) is 11.2 Å². The van der Waals surface area contributed by atoms with Crippen LogP contribution in [0.3, 0.4) is 0 Å². The van der Waals surface area contributed by atoms with E-state index in [9.17, 15) is 9.59 Å². The molecule has 29 heavy (non-hydrogen) atoms. The monoisotopic (exact) mass is 405 g/mol. The molecule has 0 aliphatic carbocycles. The number of thiophene rings is 1. The summed E-state index contributed by atoms with van der Waals surface area (Å²) in [5.74, 6) is -0.412. The maximum Gasteiger partial charge on any atom is 0.355 e. The van der Waals surface area contributed by atoms with Gasteiger partial charge in [0.05, 0.1) is 28.1 Å². The predicted molar refractivity (Wildman–Crippen MR) is 117 cm³/mol. The Hall–Kier alpha value is -2.92. The Bertz CT molecular complexity index is 1190. The second-order valence-electron chi connectivity index (χ2n) is 6.95.